The number of halogens is 2. The zero-order chi connectivity index (χ0) is 13.4. The van der Waals surface area contributed by atoms with Crippen molar-refractivity contribution in [2.75, 3.05) is 26.2 Å². The van der Waals surface area contributed by atoms with Crippen LogP contribution in [0.4, 0.5) is 0 Å². The van der Waals surface area contributed by atoms with Crippen LogP contribution < -0.4 is 15.8 Å². The normalized spacial score (nSPS) is 10.7. The van der Waals surface area contributed by atoms with Gasteiger partial charge in [0.25, 0.3) is 0 Å². The molecule has 0 spiro atoms. The van der Waals surface area contributed by atoms with E-state index in [0.29, 0.717) is 30.9 Å². The Labute approximate surface area is 131 Å². The predicted octanol–water partition coefficient (Wildman–Crippen LogP) is 0.998. The Morgan fingerprint density at radius 1 is 1.45 bits per heavy atom. The van der Waals surface area contributed by atoms with Crippen LogP contribution in [-0.2, 0) is 0 Å². The van der Waals surface area contributed by atoms with Gasteiger partial charge in [0.1, 0.15) is 24.5 Å². The Kier molecular flexibility index (Phi) is 12.5. The van der Waals surface area contributed by atoms with Crippen molar-refractivity contribution in [3.05, 3.63) is 29.3 Å². The second-order valence-corrected chi connectivity index (χ2v) is 4.07. The lowest BCUT2D eigenvalue weighted by atomic mass is 10.1. The van der Waals surface area contributed by atoms with Crippen LogP contribution >= 0.6 is 24.8 Å². The van der Waals surface area contributed by atoms with Crippen LogP contribution in [0.25, 0.3) is 0 Å². The third-order valence-corrected chi connectivity index (χ3v) is 2.39. The van der Waals surface area contributed by atoms with Gasteiger partial charge in [-0.1, -0.05) is 6.07 Å². The van der Waals surface area contributed by atoms with Crippen molar-refractivity contribution in [2.45, 2.75) is 13.0 Å². The molecule has 1 aromatic rings. The third-order valence-electron chi connectivity index (χ3n) is 2.39. The number of hydrogen-bond donors (Lipinski definition) is 3. The number of aliphatic hydroxyl groups excluding tert-OH is 1. The van der Waals surface area contributed by atoms with E-state index < -0.39 is 6.10 Å². The lowest BCUT2D eigenvalue weighted by molar-refractivity contribution is 0.106. The van der Waals surface area contributed by atoms with Gasteiger partial charge in [-0.3, -0.25) is 0 Å². The molecule has 4 N–H and O–H groups in total. The summed E-state index contributed by atoms with van der Waals surface area (Å²) in [6, 6.07) is 7.41. The molecule has 0 aromatic heterocycles. The van der Waals surface area contributed by atoms with Crippen molar-refractivity contribution in [3.8, 4) is 11.8 Å². The number of nitriles is 1. The minimum absolute atomic E-state index is 0. The van der Waals surface area contributed by atoms with E-state index in [0.717, 1.165) is 5.56 Å². The molecular weight excluding hydrogens is 301 g/mol. The second kappa shape index (κ2) is 11.8. The average Bonchev–Trinajstić information content (AvgIpc) is 2.37. The number of hydrogen-bond acceptors (Lipinski definition) is 5. The standard InChI is InChI=1S/C13H19N3O2.2ClH/c1-10-2-3-11(7-15)13(6-10)18-9-12(17)8-16-5-4-14;;/h2-3,6,12,16-17H,4-5,8-9,14H2,1H3;2*1H/t12-;;/m0../s1. The minimum atomic E-state index is -0.622. The molecule has 0 aliphatic carbocycles. The number of aliphatic hydroxyl groups is 1. The molecule has 0 amide bonds. The van der Waals surface area contributed by atoms with Crippen molar-refractivity contribution in [1.82, 2.24) is 5.32 Å². The smallest absolute Gasteiger partial charge is 0.137 e. The van der Waals surface area contributed by atoms with Gasteiger partial charge in [0.15, 0.2) is 0 Å². The molecular formula is C13H21Cl2N3O2. The highest BCUT2D eigenvalue weighted by atomic mass is 35.5. The van der Waals surface area contributed by atoms with E-state index in [1.165, 1.54) is 0 Å². The number of rotatable bonds is 7. The molecule has 0 saturated heterocycles. The quantitative estimate of drug-likeness (QED) is 0.652. The zero-order valence-corrected chi connectivity index (χ0v) is 13.0. The number of nitrogens with two attached hydrogens (primary N) is 1. The Morgan fingerprint density at radius 2 is 2.15 bits per heavy atom. The van der Waals surface area contributed by atoms with Crippen LogP contribution in [0.15, 0.2) is 18.2 Å². The van der Waals surface area contributed by atoms with E-state index in [9.17, 15) is 5.11 Å². The molecule has 0 unspecified atom stereocenters. The molecule has 0 heterocycles. The first kappa shape index (κ1) is 21.3. The summed E-state index contributed by atoms with van der Waals surface area (Å²) in [6.07, 6.45) is -0.622. The van der Waals surface area contributed by atoms with Crippen LogP contribution in [0.1, 0.15) is 11.1 Å². The highest BCUT2D eigenvalue weighted by molar-refractivity contribution is 5.85. The van der Waals surface area contributed by atoms with Gasteiger partial charge in [-0.25, -0.2) is 0 Å². The highest BCUT2D eigenvalue weighted by Crippen LogP contribution is 2.19. The number of benzene rings is 1. The summed E-state index contributed by atoms with van der Waals surface area (Å²) in [5.41, 5.74) is 6.81. The van der Waals surface area contributed by atoms with E-state index in [-0.39, 0.29) is 31.4 Å². The maximum atomic E-state index is 9.66. The first-order valence-electron chi connectivity index (χ1n) is 5.89. The average molecular weight is 322 g/mol. The maximum absolute atomic E-state index is 9.66. The molecule has 0 bridgehead atoms. The van der Waals surface area contributed by atoms with Crippen LogP contribution in [0.3, 0.4) is 0 Å². The fraction of sp³-hybridized carbons (Fsp3) is 0.462. The molecule has 0 aliphatic rings. The Hall–Kier alpha value is -1.03. The maximum Gasteiger partial charge on any atom is 0.137 e. The van der Waals surface area contributed by atoms with Gasteiger partial charge in [-0.2, -0.15) is 5.26 Å². The largest absolute Gasteiger partial charge is 0.489 e. The summed E-state index contributed by atoms with van der Waals surface area (Å²) >= 11 is 0. The Bertz CT molecular complexity index is 425. The zero-order valence-electron chi connectivity index (χ0n) is 11.3. The first-order valence-corrected chi connectivity index (χ1v) is 5.89. The predicted molar refractivity (Wildman–Crippen MR) is 83.8 cm³/mol. The van der Waals surface area contributed by atoms with Crippen molar-refractivity contribution < 1.29 is 9.84 Å². The molecule has 5 nitrogen and oxygen atoms in total. The van der Waals surface area contributed by atoms with Crippen LogP contribution in [-0.4, -0.2) is 37.5 Å². The van der Waals surface area contributed by atoms with Gasteiger partial charge in [-0.15, -0.1) is 24.8 Å². The van der Waals surface area contributed by atoms with Crippen molar-refractivity contribution in [3.63, 3.8) is 0 Å². The summed E-state index contributed by atoms with van der Waals surface area (Å²) < 4.78 is 5.46. The van der Waals surface area contributed by atoms with E-state index in [1.807, 2.05) is 13.0 Å². The van der Waals surface area contributed by atoms with E-state index in [1.54, 1.807) is 12.1 Å². The number of nitrogens with one attached hydrogen (secondary N) is 1. The lowest BCUT2D eigenvalue weighted by Gasteiger charge is -2.14. The summed E-state index contributed by atoms with van der Waals surface area (Å²) in [7, 11) is 0. The van der Waals surface area contributed by atoms with Gasteiger partial charge in [0, 0.05) is 19.6 Å². The second-order valence-electron chi connectivity index (χ2n) is 4.07. The van der Waals surface area contributed by atoms with Gasteiger partial charge >= 0.3 is 0 Å². The topological polar surface area (TPSA) is 91.3 Å². The highest BCUT2D eigenvalue weighted by Gasteiger charge is 2.08. The fourth-order valence-electron chi connectivity index (χ4n) is 1.46. The summed E-state index contributed by atoms with van der Waals surface area (Å²) in [5, 5.41) is 21.6. The molecule has 0 radical (unpaired) electrons. The number of nitrogens with zero attached hydrogens (tertiary/aromatic N) is 1. The molecule has 114 valence electrons. The lowest BCUT2D eigenvalue weighted by Crippen LogP contribution is -2.34. The monoisotopic (exact) mass is 321 g/mol. The van der Waals surface area contributed by atoms with Gasteiger partial charge < -0.3 is 20.9 Å². The molecule has 20 heavy (non-hydrogen) atoms. The van der Waals surface area contributed by atoms with Crippen LogP contribution in [0, 0.1) is 18.3 Å². The van der Waals surface area contributed by atoms with E-state index in [2.05, 4.69) is 11.4 Å². The summed E-state index contributed by atoms with van der Waals surface area (Å²) in [6.45, 7) is 3.68. The molecule has 1 atom stereocenters. The minimum Gasteiger partial charge on any atom is -0.489 e. The Balaban J connectivity index is 0. The van der Waals surface area contributed by atoms with Crippen LogP contribution in [0.2, 0.25) is 0 Å². The molecule has 0 saturated carbocycles. The first-order chi connectivity index (χ1) is 8.67. The molecule has 7 heteroatoms. The Morgan fingerprint density at radius 3 is 2.75 bits per heavy atom. The molecule has 1 rings (SSSR count). The SMILES string of the molecule is Cc1ccc(C#N)c(OC[C@@H](O)CNCCN)c1.Cl.Cl. The fourth-order valence-corrected chi connectivity index (χ4v) is 1.46. The van der Waals surface area contributed by atoms with Gasteiger partial charge in [0.2, 0.25) is 0 Å². The van der Waals surface area contributed by atoms with Gasteiger partial charge in [0.05, 0.1) is 5.56 Å². The summed E-state index contributed by atoms with van der Waals surface area (Å²) in [4.78, 5) is 0. The van der Waals surface area contributed by atoms with Crippen molar-refractivity contribution >= 4 is 24.8 Å². The third kappa shape index (κ3) is 7.53. The van der Waals surface area contributed by atoms with Crippen LogP contribution in [0.5, 0.6) is 5.75 Å². The van der Waals surface area contributed by atoms with E-state index >= 15 is 0 Å². The number of aryl methyl sites for hydroxylation is 1. The molecule has 0 fully saturated rings. The van der Waals surface area contributed by atoms with Crippen molar-refractivity contribution in [1.29, 1.82) is 5.26 Å². The van der Waals surface area contributed by atoms with Crippen molar-refractivity contribution in [2.24, 2.45) is 5.73 Å². The number of ether oxygens (including phenoxy) is 1. The molecule has 1 aromatic carbocycles. The van der Waals surface area contributed by atoms with E-state index in [4.69, 9.17) is 15.7 Å². The summed E-state index contributed by atoms with van der Waals surface area (Å²) in [5.74, 6) is 0.510. The van der Waals surface area contributed by atoms with Gasteiger partial charge in [-0.05, 0) is 24.6 Å². The molecule has 0 aliphatic heterocycles.